The maximum absolute atomic E-state index is 11.9. The summed E-state index contributed by atoms with van der Waals surface area (Å²) in [6.07, 6.45) is 1.77. The lowest BCUT2D eigenvalue weighted by Crippen LogP contribution is -2.31. The summed E-state index contributed by atoms with van der Waals surface area (Å²) < 4.78 is 5.98. The first-order valence-corrected chi connectivity index (χ1v) is 10.2. The SMILES string of the molecule is Cc1cc(CNCCNC(=O)c2cccs2)cc(C)c1OCc1ccccn1. The summed E-state index contributed by atoms with van der Waals surface area (Å²) in [6, 6.07) is 13.8. The number of hydrogen-bond acceptors (Lipinski definition) is 5. The van der Waals surface area contributed by atoms with Crippen LogP contribution in [-0.2, 0) is 13.2 Å². The van der Waals surface area contributed by atoms with Crippen LogP contribution in [0, 0.1) is 13.8 Å². The first-order chi connectivity index (χ1) is 13.6. The summed E-state index contributed by atoms with van der Waals surface area (Å²) in [7, 11) is 0. The lowest BCUT2D eigenvalue weighted by Gasteiger charge is -2.14. The van der Waals surface area contributed by atoms with Gasteiger partial charge < -0.3 is 15.4 Å². The average Bonchev–Trinajstić information content (AvgIpc) is 3.23. The topological polar surface area (TPSA) is 63.2 Å². The summed E-state index contributed by atoms with van der Waals surface area (Å²) in [5.74, 6) is 0.899. The van der Waals surface area contributed by atoms with Crippen LogP contribution in [0.25, 0.3) is 0 Å². The fraction of sp³-hybridized carbons (Fsp3) is 0.273. The maximum atomic E-state index is 11.9. The summed E-state index contributed by atoms with van der Waals surface area (Å²) in [6.45, 7) is 6.64. The highest BCUT2D eigenvalue weighted by Crippen LogP contribution is 2.25. The Kier molecular flexibility index (Phi) is 7.17. The molecule has 2 N–H and O–H groups in total. The molecule has 0 saturated heterocycles. The number of aryl methyl sites for hydroxylation is 2. The monoisotopic (exact) mass is 395 g/mol. The van der Waals surface area contributed by atoms with Gasteiger partial charge in [-0.05, 0) is 54.1 Å². The van der Waals surface area contributed by atoms with Gasteiger partial charge in [0.25, 0.3) is 5.91 Å². The molecule has 0 saturated carbocycles. The molecule has 1 amide bonds. The Bertz CT molecular complexity index is 872. The number of carbonyl (C=O) groups excluding carboxylic acids is 1. The highest BCUT2D eigenvalue weighted by atomic mass is 32.1. The van der Waals surface area contributed by atoms with Crippen molar-refractivity contribution in [2.75, 3.05) is 13.1 Å². The molecular formula is C22H25N3O2S. The van der Waals surface area contributed by atoms with Gasteiger partial charge in [-0.2, -0.15) is 0 Å². The van der Waals surface area contributed by atoms with Crippen LogP contribution < -0.4 is 15.4 Å². The van der Waals surface area contributed by atoms with Crippen LogP contribution in [0.4, 0.5) is 0 Å². The molecule has 146 valence electrons. The number of amides is 1. The Morgan fingerprint density at radius 1 is 1.11 bits per heavy atom. The second-order valence-corrected chi connectivity index (χ2v) is 7.53. The smallest absolute Gasteiger partial charge is 0.261 e. The van der Waals surface area contributed by atoms with E-state index in [1.807, 2.05) is 35.7 Å². The fourth-order valence-corrected chi connectivity index (χ4v) is 3.63. The van der Waals surface area contributed by atoms with Crippen molar-refractivity contribution in [1.29, 1.82) is 0 Å². The van der Waals surface area contributed by atoms with E-state index in [1.54, 1.807) is 6.20 Å². The minimum absolute atomic E-state index is 0.0158. The number of benzene rings is 1. The molecular weight excluding hydrogens is 370 g/mol. The number of pyridine rings is 1. The second-order valence-electron chi connectivity index (χ2n) is 6.58. The van der Waals surface area contributed by atoms with E-state index in [0.717, 1.165) is 34.0 Å². The largest absolute Gasteiger partial charge is 0.487 e. The standard InChI is InChI=1S/C22H25N3O2S/c1-16-12-18(14-23-9-10-25-22(26)20-7-5-11-28-20)13-17(2)21(16)27-15-19-6-3-4-8-24-19/h3-8,11-13,23H,9-10,14-15H2,1-2H3,(H,25,26). The summed E-state index contributed by atoms with van der Waals surface area (Å²) in [5.41, 5.74) is 4.33. The van der Waals surface area contributed by atoms with Gasteiger partial charge in [-0.1, -0.05) is 24.3 Å². The number of aromatic nitrogens is 1. The summed E-state index contributed by atoms with van der Waals surface area (Å²) in [5, 5.41) is 8.19. The fourth-order valence-electron chi connectivity index (χ4n) is 2.99. The van der Waals surface area contributed by atoms with Gasteiger partial charge in [0.15, 0.2) is 0 Å². The first kappa shape index (κ1) is 20.0. The van der Waals surface area contributed by atoms with Crippen molar-refractivity contribution in [3.63, 3.8) is 0 Å². The number of nitrogens with zero attached hydrogens (tertiary/aromatic N) is 1. The molecule has 0 radical (unpaired) electrons. The Morgan fingerprint density at radius 3 is 2.61 bits per heavy atom. The Morgan fingerprint density at radius 2 is 1.93 bits per heavy atom. The molecule has 2 heterocycles. The summed E-state index contributed by atoms with van der Waals surface area (Å²) in [4.78, 5) is 16.9. The zero-order chi connectivity index (χ0) is 19.8. The maximum Gasteiger partial charge on any atom is 0.261 e. The molecule has 0 fully saturated rings. The lowest BCUT2D eigenvalue weighted by molar-refractivity contribution is 0.0958. The molecule has 3 aromatic rings. The van der Waals surface area contributed by atoms with Crippen LogP contribution in [0.15, 0.2) is 54.0 Å². The number of nitrogens with one attached hydrogen (secondary N) is 2. The van der Waals surface area contributed by atoms with Gasteiger partial charge in [-0.3, -0.25) is 9.78 Å². The molecule has 28 heavy (non-hydrogen) atoms. The third kappa shape index (κ3) is 5.65. The highest BCUT2D eigenvalue weighted by molar-refractivity contribution is 7.12. The Balaban J connectivity index is 1.45. The van der Waals surface area contributed by atoms with Crippen LogP contribution in [0.2, 0.25) is 0 Å². The molecule has 0 atom stereocenters. The number of hydrogen-bond donors (Lipinski definition) is 2. The first-order valence-electron chi connectivity index (χ1n) is 9.29. The molecule has 3 rings (SSSR count). The molecule has 5 nitrogen and oxygen atoms in total. The molecule has 1 aromatic carbocycles. The van der Waals surface area contributed by atoms with Crippen LogP contribution in [0.1, 0.15) is 32.1 Å². The molecule has 0 unspecified atom stereocenters. The van der Waals surface area contributed by atoms with Crippen molar-refractivity contribution in [3.05, 3.63) is 81.3 Å². The van der Waals surface area contributed by atoms with E-state index >= 15 is 0 Å². The van der Waals surface area contributed by atoms with Crippen LogP contribution >= 0.6 is 11.3 Å². The van der Waals surface area contributed by atoms with Crippen LogP contribution in [0.3, 0.4) is 0 Å². The van der Waals surface area contributed by atoms with E-state index in [1.165, 1.54) is 16.9 Å². The quantitative estimate of drug-likeness (QED) is 0.540. The molecule has 0 aliphatic carbocycles. The van der Waals surface area contributed by atoms with Crippen molar-refractivity contribution in [3.8, 4) is 5.75 Å². The predicted molar refractivity (Wildman–Crippen MR) is 113 cm³/mol. The van der Waals surface area contributed by atoms with Crippen molar-refractivity contribution in [1.82, 2.24) is 15.6 Å². The number of rotatable bonds is 9. The van der Waals surface area contributed by atoms with Crippen LogP contribution in [-0.4, -0.2) is 24.0 Å². The summed E-state index contributed by atoms with van der Waals surface area (Å²) >= 11 is 1.45. The molecule has 0 spiro atoms. The lowest BCUT2D eigenvalue weighted by atomic mass is 10.1. The van der Waals surface area contributed by atoms with Gasteiger partial charge in [0.05, 0.1) is 10.6 Å². The van der Waals surface area contributed by atoms with E-state index in [4.69, 9.17) is 4.74 Å². The van der Waals surface area contributed by atoms with Gasteiger partial charge >= 0.3 is 0 Å². The van der Waals surface area contributed by atoms with E-state index in [2.05, 4.69) is 41.6 Å². The predicted octanol–water partition coefficient (Wildman–Crippen LogP) is 3.86. The molecule has 2 aromatic heterocycles. The average molecular weight is 396 g/mol. The van der Waals surface area contributed by atoms with Gasteiger partial charge in [-0.15, -0.1) is 11.3 Å². The van der Waals surface area contributed by atoms with Gasteiger partial charge in [0.2, 0.25) is 0 Å². The third-order valence-corrected chi connectivity index (χ3v) is 5.14. The number of ether oxygens (including phenoxy) is 1. The minimum atomic E-state index is -0.0158. The Labute approximate surface area is 169 Å². The van der Waals surface area contributed by atoms with Crippen molar-refractivity contribution >= 4 is 17.2 Å². The highest BCUT2D eigenvalue weighted by Gasteiger charge is 2.08. The van der Waals surface area contributed by atoms with E-state index in [-0.39, 0.29) is 5.91 Å². The molecule has 0 aliphatic rings. The number of carbonyl (C=O) groups is 1. The second kappa shape index (κ2) is 10.0. The molecule has 6 heteroatoms. The normalized spacial score (nSPS) is 10.6. The zero-order valence-corrected chi connectivity index (χ0v) is 17.0. The van der Waals surface area contributed by atoms with Crippen molar-refractivity contribution in [2.24, 2.45) is 0 Å². The molecule has 0 aliphatic heterocycles. The van der Waals surface area contributed by atoms with Crippen LogP contribution in [0.5, 0.6) is 5.75 Å². The van der Waals surface area contributed by atoms with Crippen molar-refractivity contribution in [2.45, 2.75) is 27.0 Å². The van der Waals surface area contributed by atoms with Gasteiger partial charge in [0.1, 0.15) is 12.4 Å². The van der Waals surface area contributed by atoms with E-state index in [9.17, 15) is 4.79 Å². The molecule has 0 bridgehead atoms. The zero-order valence-electron chi connectivity index (χ0n) is 16.2. The van der Waals surface area contributed by atoms with Gasteiger partial charge in [-0.25, -0.2) is 0 Å². The minimum Gasteiger partial charge on any atom is -0.487 e. The number of thiophene rings is 1. The van der Waals surface area contributed by atoms with E-state index < -0.39 is 0 Å². The third-order valence-electron chi connectivity index (χ3n) is 4.27. The van der Waals surface area contributed by atoms with E-state index in [0.29, 0.717) is 19.7 Å². The van der Waals surface area contributed by atoms with Gasteiger partial charge in [0, 0.05) is 25.8 Å². The van der Waals surface area contributed by atoms with Crippen molar-refractivity contribution < 1.29 is 9.53 Å². The Hall–Kier alpha value is -2.70.